The summed E-state index contributed by atoms with van der Waals surface area (Å²) in [5.74, 6) is 0.936. The van der Waals surface area contributed by atoms with Crippen molar-refractivity contribution in [2.45, 2.75) is 43.1 Å². The molecule has 0 bridgehead atoms. The highest BCUT2D eigenvalue weighted by atomic mass is 32.2. The summed E-state index contributed by atoms with van der Waals surface area (Å²) in [6.45, 7) is 6.01. The number of rotatable bonds is 8. The number of alkyl halides is 3. The maximum atomic E-state index is 12.5. The number of carbonyl (C=O) groups is 1. The number of anilines is 2. The molecule has 0 radical (unpaired) electrons. The van der Waals surface area contributed by atoms with Crippen LogP contribution in [0.1, 0.15) is 26.7 Å². The molecule has 6 nitrogen and oxygen atoms in total. The molecule has 2 saturated heterocycles. The van der Waals surface area contributed by atoms with Crippen molar-refractivity contribution in [1.82, 2.24) is 10.2 Å². The first kappa shape index (κ1) is 29.0. The molecular weight excluding hydrogens is 501 g/mol. The maximum Gasteiger partial charge on any atom is 0.446 e. The molecule has 37 heavy (non-hydrogen) atoms. The van der Waals surface area contributed by atoms with Gasteiger partial charge in [0.2, 0.25) is 5.91 Å². The van der Waals surface area contributed by atoms with Gasteiger partial charge in [0.05, 0.1) is 7.11 Å². The van der Waals surface area contributed by atoms with Crippen LogP contribution in [0.4, 0.5) is 24.5 Å². The highest BCUT2D eigenvalue weighted by molar-refractivity contribution is 8.00. The average Bonchev–Trinajstić information content (AvgIpc) is 2.88. The van der Waals surface area contributed by atoms with Crippen molar-refractivity contribution in [2.24, 2.45) is 0 Å². The lowest BCUT2D eigenvalue weighted by atomic mass is 10.0. The van der Waals surface area contributed by atoms with E-state index in [-0.39, 0.29) is 36.0 Å². The van der Waals surface area contributed by atoms with Crippen molar-refractivity contribution in [3.05, 3.63) is 48.5 Å². The van der Waals surface area contributed by atoms with Gasteiger partial charge in [0, 0.05) is 74.5 Å². The molecule has 2 aromatic carbocycles. The molecule has 2 aliphatic rings. The number of hydrogen-bond donors (Lipinski definition) is 1. The molecule has 0 saturated carbocycles. The third-order valence-corrected chi connectivity index (χ3v) is 7.50. The minimum atomic E-state index is -4.27. The van der Waals surface area contributed by atoms with Crippen molar-refractivity contribution in [2.75, 3.05) is 62.7 Å². The van der Waals surface area contributed by atoms with Gasteiger partial charge in [-0.15, -0.1) is 0 Å². The Morgan fingerprint density at radius 1 is 0.919 bits per heavy atom. The van der Waals surface area contributed by atoms with Gasteiger partial charge in [0.1, 0.15) is 5.75 Å². The average molecular weight is 539 g/mol. The molecule has 2 fully saturated rings. The van der Waals surface area contributed by atoms with E-state index in [0.29, 0.717) is 6.42 Å². The molecular formula is C27H37F3N4O2S. The summed E-state index contributed by atoms with van der Waals surface area (Å²) in [5.41, 5.74) is -2.17. The Morgan fingerprint density at radius 2 is 1.46 bits per heavy atom. The summed E-state index contributed by atoms with van der Waals surface area (Å²) in [5, 5.41) is 3.17. The van der Waals surface area contributed by atoms with Gasteiger partial charge in [-0.05, 0) is 73.1 Å². The number of piperidine rings is 1. The molecule has 2 aliphatic heterocycles. The van der Waals surface area contributed by atoms with E-state index in [1.165, 1.54) is 17.8 Å². The van der Waals surface area contributed by atoms with E-state index < -0.39 is 5.51 Å². The summed E-state index contributed by atoms with van der Waals surface area (Å²) in [4.78, 5) is 19.6. The van der Waals surface area contributed by atoms with Gasteiger partial charge >= 0.3 is 5.51 Å². The zero-order valence-electron chi connectivity index (χ0n) is 20.5. The number of nitrogens with zero attached hydrogens (tertiary/aromatic N) is 3. The van der Waals surface area contributed by atoms with Crippen LogP contribution in [-0.2, 0) is 4.79 Å². The van der Waals surface area contributed by atoms with Crippen molar-refractivity contribution in [3.63, 3.8) is 0 Å². The smallest absolute Gasteiger partial charge is 0.446 e. The predicted molar refractivity (Wildman–Crippen MR) is 145 cm³/mol. The summed E-state index contributed by atoms with van der Waals surface area (Å²) in [6.07, 6.45) is 2.14. The fourth-order valence-corrected chi connectivity index (χ4v) is 5.26. The van der Waals surface area contributed by atoms with Crippen LogP contribution in [0.5, 0.6) is 5.75 Å². The lowest BCUT2D eigenvalue weighted by Gasteiger charge is -2.36. The second-order valence-electron chi connectivity index (χ2n) is 9.15. The molecule has 10 heteroatoms. The van der Waals surface area contributed by atoms with E-state index in [9.17, 15) is 18.0 Å². The van der Waals surface area contributed by atoms with Gasteiger partial charge in [-0.25, -0.2) is 0 Å². The van der Waals surface area contributed by atoms with Crippen LogP contribution in [0.2, 0.25) is 0 Å². The van der Waals surface area contributed by atoms with E-state index in [4.69, 9.17) is 4.74 Å². The quantitative estimate of drug-likeness (QED) is 0.464. The molecule has 0 atom stereocenters. The number of ether oxygens (including phenoxy) is 1. The fraction of sp³-hybridized carbons (Fsp3) is 0.519. The van der Waals surface area contributed by atoms with Crippen LogP contribution in [0, 0.1) is 0 Å². The molecule has 4 rings (SSSR count). The van der Waals surface area contributed by atoms with E-state index in [1.807, 2.05) is 12.1 Å². The van der Waals surface area contributed by atoms with Crippen LogP contribution in [0.3, 0.4) is 0 Å². The number of thioether (sulfide) groups is 1. The van der Waals surface area contributed by atoms with Gasteiger partial charge in [0.15, 0.2) is 0 Å². The first-order valence-electron chi connectivity index (χ1n) is 12.3. The lowest BCUT2D eigenvalue weighted by molar-refractivity contribution is -0.122. The molecule has 1 N–H and O–H groups in total. The second-order valence-corrected chi connectivity index (χ2v) is 10.3. The van der Waals surface area contributed by atoms with E-state index in [0.717, 1.165) is 70.1 Å². The molecule has 2 aromatic rings. The highest BCUT2D eigenvalue weighted by Crippen LogP contribution is 2.37. The number of hydrogen-bond acceptors (Lipinski definition) is 6. The molecule has 2 heterocycles. The second kappa shape index (κ2) is 13.3. The summed E-state index contributed by atoms with van der Waals surface area (Å²) < 4.78 is 42.8. The van der Waals surface area contributed by atoms with Gasteiger partial charge in [-0.1, -0.05) is 7.43 Å². The minimum absolute atomic E-state index is 0. The Hall–Kier alpha value is -2.59. The molecule has 0 aliphatic carbocycles. The van der Waals surface area contributed by atoms with Crippen LogP contribution < -0.4 is 19.9 Å². The fourth-order valence-electron chi connectivity index (χ4n) is 4.72. The number of benzene rings is 2. The number of methoxy groups -OCH3 is 1. The van der Waals surface area contributed by atoms with Crippen molar-refractivity contribution in [1.29, 1.82) is 0 Å². The summed E-state index contributed by atoms with van der Waals surface area (Å²) in [7, 11) is 1.67. The zero-order valence-corrected chi connectivity index (χ0v) is 21.3. The molecule has 1 amide bonds. The zero-order chi connectivity index (χ0) is 25.5. The Bertz CT molecular complexity index is 973. The first-order chi connectivity index (χ1) is 17.3. The molecule has 204 valence electrons. The summed E-state index contributed by atoms with van der Waals surface area (Å²) in [6, 6.07) is 14.7. The third-order valence-electron chi connectivity index (χ3n) is 6.76. The van der Waals surface area contributed by atoms with Crippen LogP contribution in [0.15, 0.2) is 53.4 Å². The normalized spacial score (nSPS) is 17.3. The summed E-state index contributed by atoms with van der Waals surface area (Å²) >= 11 is -0.0977. The van der Waals surface area contributed by atoms with Crippen molar-refractivity contribution in [3.8, 4) is 5.75 Å². The lowest BCUT2D eigenvalue weighted by Crippen LogP contribution is -2.48. The monoisotopic (exact) mass is 538 g/mol. The van der Waals surface area contributed by atoms with Gasteiger partial charge in [0.25, 0.3) is 0 Å². The van der Waals surface area contributed by atoms with Crippen molar-refractivity contribution < 1.29 is 22.7 Å². The molecule has 0 unspecified atom stereocenters. The topological polar surface area (TPSA) is 48.1 Å². The van der Waals surface area contributed by atoms with Gasteiger partial charge in [-0.2, -0.15) is 13.2 Å². The molecule has 0 spiro atoms. The number of piperazine rings is 1. The number of amides is 1. The van der Waals surface area contributed by atoms with E-state index in [1.54, 1.807) is 19.2 Å². The maximum absolute atomic E-state index is 12.5. The van der Waals surface area contributed by atoms with Gasteiger partial charge in [-0.3, -0.25) is 9.69 Å². The third kappa shape index (κ3) is 8.74. The van der Waals surface area contributed by atoms with Crippen LogP contribution in [-0.4, -0.2) is 75.3 Å². The molecule has 0 aromatic heterocycles. The highest BCUT2D eigenvalue weighted by Gasteiger charge is 2.29. The van der Waals surface area contributed by atoms with E-state index in [2.05, 4.69) is 32.1 Å². The SMILES string of the molecule is C.COc1ccc(N2CCN(CCC(=O)NC3CCN(c4ccc(SC(F)(F)F)cc4)CC3)CC2)cc1. The Kier molecular flexibility index (Phi) is 10.4. The Morgan fingerprint density at radius 3 is 2.00 bits per heavy atom. The van der Waals surface area contributed by atoms with E-state index >= 15 is 0 Å². The van der Waals surface area contributed by atoms with Crippen LogP contribution >= 0.6 is 11.8 Å². The predicted octanol–water partition coefficient (Wildman–Crippen LogP) is 5.24. The Labute approximate surface area is 222 Å². The number of nitrogens with one attached hydrogen (secondary N) is 1. The number of carbonyl (C=O) groups excluding carboxylic acids is 1. The first-order valence-corrected chi connectivity index (χ1v) is 13.1. The van der Waals surface area contributed by atoms with Crippen LogP contribution in [0.25, 0.3) is 0 Å². The minimum Gasteiger partial charge on any atom is -0.497 e. The number of halogens is 3. The van der Waals surface area contributed by atoms with Gasteiger partial charge < -0.3 is 19.9 Å². The largest absolute Gasteiger partial charge is 0.497 e. The van der Waals surface area contributed by atoms with Crippen molar-refractivity contribution >= 4 is 29.0 Å². The Balaban J connectivity index is 0.00000380. The standard InChI is InChI=1S/C26H33F3N4O2S.CH4/c1-35-23-6-2-21(3-7-23)33-18-16-31(17-19-33)13-12-25(34)30-20-10-14-32(15-11-20)22-4-8-24(9-5-22)36-26(27,28)29;/h2-9,20H,10-19H2,1H3,(H,30,34);1H4.